The molecular weight excluding hydrogens is 627 g/mol. The molecule has 1 aromatic carbocycles. The summed E-state index contributed by atoms with van der Waals surface area (Å²) in [5.41, 5.74) is 2.11. The molecule has 0 saturated heterocycles. The zero-order chi connectivity index (χ0) is 31.3. The lowest BCUT2D eigenvalue weighted by Gasteiger charge is -2.51. The summed E-state index contributed by atoms with van der Waals surface area (Å²) in [6.07, 6.45) is 10.3. The second-order valence-electron chi connectivity index (χ2n) is 12.0. The van der Waals surface area contributed by atoms with E-state index in [9.17, 15) is 18.7 Å². The Kier molecular flexibility index (Phi) is 7.67. The lowest BCUT2D eigenvalue weighted by atomic mass is 9.59. The number of nitrogens with zero attached hydrogens (tertiary/aromatic N) is 3. The highest BCUT2D eigenvalue weighted by molar-refractivity contribution is 6.38. The summed E-state index contributed by atoms with van der Waals surface area (Å²) in [4.78, 5) is 19.5. The molecule has 0 unspecified atom stereocenters. The second kappa shape index (κ2) is 11.5. The molecule has 4 aromatic rings. The number of carboxylic acid groups (broad SMARTS) is 1. The molecule has 8 nitrogen and oxygen atoms in total. The van der Waals surface area contributed by atoms with Crippen molar-refractivity contribution in [2.75, 3.05) is 0 Å². The number of rotatable bonds is 8. The van der Waals surface area contributed by atoms with E-state index in [0.717, 1.165) is 68.8 Å². The van der Waals surface area contributed by atoms with Gasteiger partial charge in [0.2, 0.25) is 0 Å². The van der Waals surface area contributed by atoms with Crippen molar-refractivity contribution in [2.24, 2.45) is 5.41 Å². The number of hydrogen-bond donors (Lipinski definition) is 1. The first-order valence-corrected chi connectivity index (χ1v) is 15.5. The molecule has 4 fully saturated rings. The summed E-state index contributed by atoms with van der Waals surface area (Å²) in [6.45, 7) is -2.77. The van der Waals surface area contributed by atoms with Crippen LogP contribution in [0.3, 0.4) is 0 Å². The molecule has 4 aliphatic carbocycles. The largest absolute Gasteiger partial charge is 0.477 e. The molecule has 45 heavy (non-hydrogen) atoms. The number of ether oxygens (including phenoxy) is 2. The van der Waals surface area contributed by atoms with Gasteiger partial charge in [-0.25, -0.2) is 9.78 Å². The Labute approximate surface area is 267 Å². The molecule has 0 atom stereocenters. The number of halogens is 4. The summed E-state index contributed by atoms with van der Waals surface area (Å²) in [5, 5.41) is 14.8. The highest BCUT2D eigenvalue weighted by Crippen LogP contribution is 2.54. The first-order chi connectivity index (χ1) is 21.6. The number of alkyl halides is 2. The Morgan fingerprint density at radius 2 is 1.80 bits per heavy atom. The molecule has 3 heterocycles. The van der Waals surface area contributed by atoms with Crippen LogP contribution < -0.4 is 4.74 Å². The van der Waals surface area contributed by atoms with E-state index in [1.807, 2.05) is 0 Å². The minimum atomic E-state index is -3.11. The van der Waals surface area contributed by atoms with E-state index in [1.165, 1.54) is 0 Å². The van der Waals surface area contributed by atoms with E-state index < -0.39 is 12.6 Å². The molecule has 0 amide bonds. The van der Waals surface area contributed by atoms with Gasteiger partial charge in [0.15, 0.2) is 5.69 Å². The predicted molar refractivity (Wildman–Crippen MR) is 162 cm³/mol. The molecule has 8 rings (SSSR count). The first kappa shape index (κ1) is 29.9. The van der Waals surface area contributed by atoms with Gasteiger partial charge in [-0.05, 0) is 69.6 Å². The molecule has 0 radical (unpaired) electrons. The van der Waals surface area contributed by atoms with Crippen molar-refractivity contribution in [1.82, 2.24) is 15.1 Å². The number of pyridine rings is 2. The van der Waals surface area contributed by atoms with Gasteiger partial charge in [0, 0.05) is 51.9 Å². The lowest BCUT2D eigenvalue weighted by Crippen LogP contribution is -2.47. The standard InChI is InChI=1S/C33H27Cl2F2N3O5/c34-22-15-38-16-23(35)27(22)28-21(29(45-40-28)19-2-3-19)17-43-33-10-7-32(8-11-33,9-12-33)6-5-18-1-4-24-20(13-18)26(44-31(36)37)14-25(39-24)30(41)42/h1,4,13-16,19,31H,2-3,7-12,17H2,(H,41,42). The van der Waals surface area contributed by atoms with Crippen molar-refractivity contribution in [3.05, 3.63) is 69.3 Å². The quantitative estimate of drug-likeness (QED) is 0.189. The fourth-order valence-corrected chi connectivity index (χ4v) is 7.07. The second-order valence-corrected chi connectivity index (χ2v) is 12.9. The van der Waals surface area contributed by atoms with Crippen LogP contribution in [0.4, 0.5) is 8.78 Å². The highest BCUT2D eigenvalue weighted by Gasteiger charge is 2.49. The van der Waals surface area contributed by atoms with Gasteiger partial charge in [0.05, 0.1) is 27.8 Å². The molecular formula is C33H27Cl2F2N3O5. The fraction of sp³-hybridized carbons (Fsp3) is 0.394. The van der Waals surface area contributed by atoms with Crippen molar-refractivity contribution in [2.45, 2.75) is 76.1 Å². The van der Waals surface area contributed by atoms with Crippen molar-refractivity contribution in [3.8, 4) is 28.8 Å². The first-order valence-electron chi connectivity index (χ1n) is 14.7. The third-order valence-electron chi connectivity index (χ3n) is 9.24. The van der Waals surface area contributed by atoms with E-state index in [-0.39, 0.29) is 33.4 Å². The summed E-state index contributed by atoms with van der Waals surface area (Å²) in [6, 6.07) is 5.91. The average Bonchev–Trinajstić information content (AvgIpc) is 3.79. The molecule has 12 heteroatoms. The molecule has 4 aliphatic rings. The van der Waals surface area contributed by atoms with E-state index in [4.69, 9.17) is 32.5 Å². The third-order valence-corrected chi connectivity index (χ3v) is 9.81. The van der Waals surface area contributed by atoms with Crippen molar-refractivity contribution in [3.63, 3.8) is 0 Å². The maximum Gasteiger partial charge on any atom is 0.387 e. The van der Waals surface area contributed by atoms with Crippen LogP contribution >= 0.6 is 23.2 Å². The Bertz CT molecular complexity index is 1840. The number of carboxylic acids is 1. The molecule has 0 aliphatic heterocycles. The number of carbonyl (C=O) groups is 1. The number of fused-ring (bicyclic) bond motifs is 4. The van der Waals surface area contributed by atoms with Gasteiger partial charge in [-0.1, -0.05) is 40.2 Å². The highest BCUT2D eigenvalue weighted by atomic mass is 35.5. The zero-order valence-electron chi connectivity index (χ0n) is 23.9. The van der Waals surface area contributed by atoms with E-state index in [1.54, 1.807) is 30.6 Å². The number of hydrogen-bond acceptors (Lipinski definition) is 7. The zero-order valence-corrected chi connectivity index (χ0v) is 25.4. The molecule has 2 bridgehead atoms. The topological polar surface area (TPSA) is 108 Å². The van der Waals surface area contributed by atoms with Gasteiger partial charge in [-0.15, -0.1) is 0 Å². The predicted octanol–water partition coefficient (Wildman–Crippen LogP) is 8.43. The molecule has 232 valence electrons. The summed E-state index contributed by atoms with van der Waals surface area (Å²) in [7, 11) is 0. The van der Waals surface area contributed by atoms with Gasteiger partial charge in [0.1, 0.15) is 17.2 Å². The number of aromatic nitrogens is 3. The smallest absolute Gasteiger partial charge is 0.387 e. The van der Waals surface area contributed by atoms with Crippen molar-refractivity contribution in [1.29, 1.82) is 0 Å². The maximum atomic E-state index is 13.1. The van der Waals surface area contributed by atoms with Crippen LogP contribution in [0.5, 0.6) is 5.75 Å². The summed E-state index contributed by atoms with van der Waals surface area (Å²) >= 11 is 12.9. The van der Waals surface area contributed by atoms with Crippen LogP contribution in [0.2, 0.25) is 10.0 Å². The summed E-state index contributed by atoms with van der Waals surface area (Å²) in [5.74, 6) is 6.31. The molecule has 0 spiro atoms. The van der Waals surface area contributed by atoms with Crippen molar-refractivity contribution < 1.29 is 32.7 Å². The molecule has 3 aromatic heterocycles. The van der Waals surface area contributed by atoms with Gasteiger partial charge in [0.25, 0.3) is 0 Å². The van der Waals surface area contributed by atoms with Crippen LogP contribution in [-0.4, -0.2) is 38.4 Å². The minimum Gasteiger partial charge on any atom is -0.477 e. The Hall–Kier alpha value is -3.78. The number of benzene rings is 1. The monoisotopic (exact) mass is 653 g/mol. The third kappa shape index (κ3) is 5.85. The van der Waals surface area contributed by atoms with E-state index in [2.05, 4.69) is 31.7 Å². The van der Waals surface area contributed by atoms with Gasteiger partial charge in [-0.3, -0.25) is 4.98 Å². The number of aromatic carboxylic acids is 1. The molecule has 1 N–H and O–H groups in total. The SMILES string of the molecule is O=C(O)c1cc(OC(F)F)c2cc(C#CC34CCC(OCc5c(-c6c(Cl)cncc6Cl)noc5C5CC5)(CC3)CC4)ccc2n1. The van der Waals surface area contributed by atoms with Crippen LogP contribution in [0.15, 0.2) is 41.2 Å². The minimum absolute atomic E-state index is 0.173. The van der Waals surface area contributed by atoms with Gasteiger partial charge >= 0.3 is 12.6 Å². The van der Waals surface area contributed by atoms with E-state index >= 15 is 0 Å². The van der Waals surface area contributed by atoms with Gasteiger partial charge in [-0.2, -0.15) is 8.78 Å². The van der Waals surface area contributed by atoms with Crippen LogP contribution in [0.1, 0.15) is 84.7 Å². The van der Waals surface area contributed by atoms with E-state index in [0.29, 0.717) is 39.4 Å². The maximum absolute atomic E-state index is 13.1. The molecule has 4 saturated carbocycles. The lowest BCUT2D eigenvalue weighted by molar-refractivity contribution is -0.131. The van der Waals surface area contributed by atoms with Crippen molar-refractivity contribution >= 4 is 40.1 Å². The Morgan fingerprint density at radius 3 is 2.44 bits per heavy atom. The van der Waals surface area contributed by atoms with Crippen LogP contribution in [0.25, 0.3) is 22.2 Å². The average molecular weight is 654 g/mol. The normalized spacial score (nSPS) is 22.4. The Balaban J connectivity index is 1.08. The van der Waals surface area contributed by atoms with Crippen LogP contribution in [0, 0.1) is 17.3 Å². The Morgan fingerprint density at radius 1 is 1.09 bits per heavy atom. The summed E-state index contributed by atoms with van der Waals surface area (Å²) < 4.78 is 43.3. The fourth-order valence-electron chi connectivity index (χ4n) is 6.52. The van der Waals surface area contributed by atoms with Crippen LogP contribution in [-0.2, 0) is 11.3 Å². The van der Waals surface area contributed by atoms with Gasteiger partial charge < -0.3 is 19.1 Å².